The van der Waals surface area contributed by atoms with Gasteiger partial charge in [0.15, 0.2) is 0 Å². The first-order chi connectivity index (χ1) is 17.9. The van der Waals surface area contributed by atoms with Crippen LogP contribution in [0, 0.1) is 0 Å². The minimum atomic E-state index is -0.119. The SMILES string of the molecule is CCCCCCCCCc1ccccc1OC(CC)COC(=O)CCCC[N+](C)(C)Cc1ccccc1. The van der Waals surface area contributed by atoms with Crippen LogP contribution in [0.4, 0.5) is 0 Å². The van der Waals surface area contributed by atoms with Gasteiger partial charge in [0.2, 0.25) is 0 Å². The number of nitrogens with zero attached hydrogens (tertiary/aromatic N) is 1. The van der Waals surface area contributed by atoms with Crippen molar-refractivity contribution in [2.24, 2.45) is 0 Å². The van der Waals surface area contributed by atoms with Crippen LogP contribution in [0.3, 0.4) is 0 Å². The third kappa shape index (κ3) is 13.7. The van der Waals surface area contributed by atoms with Crippen LogP contribution < -0.4 is 4.74 Å². The Kier molecular flexibility index (Phi) is 15.0. The molecule has 1 unspecified atom stereocenters. The molecule has 0 aromatic heterocycles. The average Bonchev–Trinajstić information content (AvgIpc) is 2.89. The minimum Gasteiger partial charge on any atom is -0.487 e. The van der Waals surface area contributed by atoms with Crippen LogP contribution in [0.2, 0.25) is 0 Å². The van der Waals surface area contributed by atoms with E-state index in [1.807, 2.05) is 6.07 Å². The zero-order chi connectivity index (χ0) is 26.8. The Hall–Kier alpha value is -2.33. The molecule has 2 aromatic rings. The van der Waals surface area contributed by atoms with Crippen LogP contribution in [-0.2, 0) is 22.5 Å². The van der Waals surface area contributed by atoms with Crippen molar-refractivity contribution in [2.45, 2.75) is 104 Å². The quantitative estimate of drug-likeness (QED) is 0.102. The lowest BCUT2D eigenvalue weighted by Gasteiger charge is -2.30. The van der Waals surface area contributed by atoms with Crippen molar-refractivity contribution >= 4 is 5.97 Å². The minimum absolute atomic E-state index is 0.111. The summed E-state index contributed by atoms with van der Waals surface area (Å²) in [5.41, 5.74) is 2.61. The molecule has 0 radical (unpaired) electrons. The summed E-state index contributed by atoms with van der Waals surface area (Å²) in [6.07, 6.45) is 13.2. The molecule has 0 bridgehead atoms. The maximum Gasteiger partial charge on any atom is 0.305 e. The van der Waals surface area contributed by atoms with Crippen LogP contribution in [0.5, 0.6) is 5.75 Å². The largest absolute Gasteiger partial charge is 0.487 e. The van der Waals surface area contributed by atoms with E-state index in [0.29, 0.717) is 13.0 Å². The number of para-hydroxylation sites is 1. The molecule has 0 N–H and O–H groups in total. The van der Waals surface area contributed by atoms with Crippen LogP contribution in [0.25, 0.3) is 0 Å². The smallest absolute Gasteiger partial charge is 0.305 e. The third-order valence-corrected chi connectivity index (χ3v) is 7.05. The highest BCUT2D eigenvalue weighted by molar-refractivity contribution is 5.69. The fraction of sp³-hybridized carbons (Fsp3) is 0.606. The van der Waals surface area contributed by atoms with Crippen molar-refractivity contribution in [2.75, 3.05) is 27.2 Å². The van der Waals surface area contributed by atoms with Crippen molar-refractivity contribution in [1.29, 1.82) is 0 Å². The van der Waals surface area contributed by atoms with E-state index in [-0.39, 0.29) is 12.1 Å². The standard InChI is InChI=1S/C33H52NO3/c1-5-7-8-9-10-11-15-22-30-23-16-17-24-32(30)37-31(6-2)28-36-33(35)25-18-19-26-34(3,4)27-29-20-13-12-14-21-29/h12-14,16-17,20-21,23-24,31H,5-11,15,18-19,22,25-28H2,1-4H3/q+1. The number of quaternary nitrogens is 1. The lowest BCUT2D eigenvalue weighted by Crippen LogP contribution is -2.39. The number of benzene rings is 2. The summed E-state index contributed by atoms with van der Waals surface area (Å²) in [5.74, 6) is 0.821. The number of carbonyl (C=O) groups excluding carboxylic acids is 1. The monoisotopic (exact) mass is 510 g/mol. The van der Waals surface area contributed by atoms with E-state index >= 15 is 0 Å². The molecule has 0 saturated heterocycles. The maximum absolute atomic E-state index is 12.4. The number of esters is 1. The van der Waals surface area contributed by atoms with Gasteiger partial charge in [0.05, 0.1) is 20.6 Å². The lowest BCUT2D eigenvalue weighted by molar-refractivity contribution is -0.903. The number of hydrogen-bond donors (Lipinski definition) is 0. The van der Waals surface area contributed by atoms with Gasteiger partial charge in [-0.05, 0) is 43.7 Å². The second-order valence-electron chi connectivity index (χ2n) is 11.1. The highest BCUT2D eigenvalue weighted by Gasteiger charge is 2.17. The Labute approximate surface area is 227 Å². The molecule has 4 nitrogen and oxygen atoms in total. The summed E-state index contributed by atoms with van der Waals surface area (Å²) in [7, 11) is 4.50. The topological polar surface area (TPSA) is 35.5 Å². The number of unbranched alkanes of at least 4 members (excludes halogenated alkanes) is 7. The van der Waals surface area contributed by atoms with Gasteiger partial charge in [0.1, 0.15) is 25.0 Å². The Bertz CT molecular complexity index is 865. The van der Waals surface area contributed by atoms with E-state index < -0.39 is 0 Å². The van der Waals surface area contributed by atoms with Gasteiger partial charge in [-0.3, -0.25) is 4.79 Å². The van der Waals surface area contributed by atoms with Gasteiger partial charge in [-0.15, -0.1) is 0 Å². The summed E-state index contributed by atoms with van der Waals surface area (Å²) in [5, 5.41) is 0. The number of carbonyl (C=O) groups is 1. The van der Waals surface area contributed by atoms with Crippen molar-refractivity contribution < 1.29 is 18.8 Å². The molecule has 0 aliphatic rings. The highest BCUT2D eigenvalue weighted by atomic mass is 16.6. The molecule has 0 heterocycles. The molecule has 0 spiro atoms. The first kappa shape index (κ1) is 30.9. The van der Waals surface area contributed by atoms with Crippen LogP contribution in [0.1, 0.15) is 95.6 Å². The molecule has 4 heteroatoms. The van der Waals surface area contributed by atoms with Gasteiger partial charge < -0.3 is 14.0 Å². The predicted molar refractivity (Wildman–Crippen MR) is 155 cm³/mol. The van der Waals surface area contributed by atoms with E-state index in [0.717, 1.165) is 49.0 Å². The Balaban J connectivity index is 1.67. The second kappa shape index (κ2) is 18.0. The van der Waals surface area contributed by atoms with E-state index in [1.165, 1.54) is 56.1 Å². The molecule has 0 amide bonds. The predicted octanol–water partition coefficient (Wildman–Crippen LogP) is 8.13. The van der Waals surface area contributed by atoms with Gasteiger partial charge in [-0.2, -0.15) is 0 Å². The molecular formula is C33H52NO3+. The highest BCUT2D eigenvalue weighted by Crippen LogP contribution is 2.23. The Morgan fingerprint density at radius 2 is 1.49 bits per heavy atom. The first-order valence-electron chi connectivity index (χ1n) is 14.7. The molecule has 0 aliphatic heterocycles. The van der Waals surface area contributed by atoms with Gasteiger partial charge >= 0.3 is 5.97 Å². The maximum atomic E-state index is 12.4. The van der Waals surface area contributed by atoms with Gasteiger partial charge in [0, 0.05) is 12.0 Å². The second-order valence-corrected chi connectivity index (χ2v) is 11.1. The van der Waals surface area contributed by atoms with E-state index in [1.54, 1.807) is 0 Å². The Morgan fingerprint density at radius 3 is 2.22 bits per heavy atom. The molecule has 1 atom stereocenters. The van der Waals surface area contributed by atoms with Gasteiger partial charge in [-0.1, -0.05) is 101 Å². The van der Waals surface area contributed by atoms with Crippen molar-refractivity contribution in [3.05, 3.63) is 65.7 Å². The molecule has 0 fully saturated rings. The first-order valence-corrected chi connectivity index (χ1v) is 14.7. The molecule has 2 aromatic carbocycles. The zero-order valence-electron chi connectivity index (χ0n) is 24.1. The molecule has 0 saturated carbocycles. The molecule has 206 valence electrons. The lowest BCUT2D eigenvalue weighted by atomic mass is 10.0. The molecule has 2 rings (SSSR count). The van der Waals surface area contributed by atoms with Gasteiger partial charge in [-0.25, -0.2) is 0 Å². The molecule has 37 heavy (non-hydrogen) atoms. The fourth-order valence-corrected chi connectivity index (χ4v) is 4.74. The van der Waals surface area contributed by atoms with Crippen LogP contribution in [0.15, 0.2) is 54.6 Å². The normalized spacial score (nSPS) is 12.3. The van der Waals surface area contributed by atoms with Crippen molar-refractivity contribution in [3.8, 4) is 5.75 Å². The summed E-state index contributed by atoms with van der Waals surface area (Å²) < 4.78 is 12.8. The van der Waals surface area contributed by atoms with Crippen molar-refractivity contribution in [3.63, 3.8) is 0 Å². The molecular weight excluding hydrogens is 458 g/mol. The van der Waals surface area contributed by atoms with Crippen LogP contribution >= 0.6 is 0 Å². The summed E-state index contributed by atoms with van der Waals surface area (Å²) in [6.45, 7) is 6.71. The van der Waals surface area contributed by atoms with E-state index in [9.17, 15) is 4.79 Å². The molecule has 0 aliphatic carbocycles. The number of aryl methyl sites for hydroxylation is 1. The zero-order valence-corrected chi connectivity index (χ0v) is 24.1. The van der Waals surface area contributed by atoms with E-state index in [4.69, 9.17) is 9.47 Å². The van der Waals surface area contributed by atoms with E-state index in [2.05, 4.69) is 76.5 Å². The van der Waals surface area contributed by atoms with Crippen LogP contribution in [-0.4, -0.2) is 43.8 Å². The average molecular weight is 511 g/mol. The summed E-state index contributed by atoms with van der Waals surface area (Å²) in [6, 6.07) is 18.9. The number of rotatable bonds is 20. The number of ether oxygens (including phenoxy) is 2. The van der Waals surface area contributed by atoms with Crippen molar-refractivity contribution in [1.82, 2.24) is 0 Å². The summed E-state index contributed by atoms with van der Waals surface area (Å²) >= 11 is 0. The number of hydrogen-bond acceptors (Lipinski definition) is 3. The third-order valence-electron chi connectivity index (χ3n) is 7.05. The summed E-state index contributed by atoms with van der Waals surface area (Å²) in [4.78, 5) is 12.4. The Morgan fingerprint density at radius 1 is 0.811 bits per heavy atom. The fourth-order valence-electron chi connectivity index (χ4n) is 4.74. The van der Waals surface area contributed by atoms with Gasteiger partial charge in [0.25, 0.3) is 0 Å².